The largest absolute Gasteiger partial charge is 0.339 e. The van der Waals surface area contributed by atoms with E-state index in [1.54, 1.807) is 4.90 Å². The quantitative estimate of drug-likeness (QED) is 0.663. The summed E-state index contributed by atoms with van der Waals surface area (Å²) in [4.78, 5) is 28.2. The fourth-order valence-electron chi connectivity index (χ4n) is 3.84. The molecule has 9 heteroatoms. The van der Waals surface area contributed by atoms with Gasteiger partial charge in [-0.2, -0.15) is 0 Å². The Kier molecular flexibility index (Phi) is 10.0. The van der Waals surface area contributed by atoms with Crippen molar-refractivity contribution >= 4 is 34.1 Å². The number of piperazine rings is 1. The lowest BCUT2D eigenvalue weighted by Gasteiger charge is -2.36. The molecule has 1 saturated carbocycles. The molecule has 0 radical (unpaired) electrons. The first-order valence-corrected chi connectivity index (χ1v) is 11.8. The van der Waals surface area contributed by atoms with Crippen molar-refractivity contribution in [2.24, 2.45) is 11.7 Å². The molecule has 0 bridgehead atoms. The van der Waals surface area contributed by atoms with Crippen molar-refractivity contribution in [3.8, 4) is 0 Å². The number of nitrogens with two attached hydrogens (primary N) is 1. The van der Waals surface area contributed by atoms with Gasteiger partial charge in [-0.15, -0.1) is 12.4 Å². The number of hydrogen-bond acceptors (Lipinski definition) is 5. The van der Waals surface area contributed by atoms with Gasteiger partial charge < -0.3 is 15.5 Å². The van der Waals surface area contributed by atoms with E-state index in [0.29, 0.717) is 38.5 Å². The van der Waals surface area contributed by atoms with Crippen molar-refractivity contribution in [1.29, 1.82) is 0 Å². The molecule has 2 aliphatic rings. The van der Waals surface area contributed by atoms with Gasteiger partial charge in [-0.1, -0.05) is 32.1 Å². The highest BCUT2D eigenvalue weighted by molar-refractivity contribution is 7.90. The Morgan fingerprint density at radius 3 is 2.15 bits per heavy atom. The first-order valence-electron chi connectivity index (χ1n) is 9.76. The molecule has 0 aromatic heterocycles. The SMILES string of the molecule is CS(=O)(=O)CCC(N)C(=O)N1CCN(C(=O)CCC2CCCCC2)CC1.Cl. The molecular formula is C18H34ClN3O4S. The molecule has 1 saturated heterocycles. The lowest BCUT2D eigenvalue weighted by Crippen LogP contribution is -2.54. The van der Waals surface area contributed by atoms with E-state index in [4.69, 9.17) is 5.73 Å². The topological polar surface area (TPSA) is 101 Å². The predicted molar refractivity (Wildman–Crippen MR) is 109 cm³/mol. The molecule has 7 nitrogen and oxygen atoms in total. The number of rotatable bonds is 7. The second-order valence-corrected chi connectivity index (χ2v) is 10.0. The Balaban J connectivity index is 0.00000364. The van der Waals surface area contributed by atoms with Gasteiger partial charge in [-0.3, -0.25) is 9.59 Å². The molecule has 158 valence electrons. The molecule has 27 heavy (non-hydrogen) atoms. The third-order valence-corrected chi connectivity index (χ3v) is 6.53. The van der Waals surface area contributed by atoms with Crippen LogP contribution in [-0.4, -0.2) is 74.3 Å². The van der Waals surface area contributed by atoms with Crippen LogP contribution in [0.15, 0.2) is 0 Å². The van der Waals surface area contributed by atoms with E-state index >= 15 is 0 Å². The number of sulfone groups is 1. The van der Waals surface area contributed by atoms with Gasteiger partial charge in [-0.25, -0.2) is 8.42 Å². The second kappa shape index (κ2) is 11.2. The van der Waals surface area contributed by atoms with Gasteiger partial charge >= 0.3 is 0 Å². The number of hydrogen-bond donors (Lipinski definition) is 1. The zero-order valence-corrected chi connectivity index (χ0v) is 17.9. The zero-order chi connectivity index (χ0) is 19.2. The van der Waals surface area contributed by atoms with E-state index in [1.165, 1.54) is 32.1 Å². The summed E-state index contributed by atoms with van der Waals surface area (Å²) >= 11 is 0. The maximum absolute atomic E-state index is 12.4. The summed E-state index contributed by atoms with van der Waals surface area (Å²) in [5.41, 5.74) is 5.84. The zero-order valence-electron chi connectivity index (χ0n) is 16.3. The van der Waals surface area contributed by atoms with E-state index < -0.39 is 15.9 Å². The second-order valence-electron chi connectivity index (χ2n) is 7.77. The summed E-state index contributed by atoms with van der Waals surface area (Å²) in [6, 6.07) is -0.793. The fourth-order valence-corrected chi connectivity index (χ4v) is 4.52. The molecule has 2 N–H and O–H groups in total. The molecular weight excluding hydrogens is 390 g/mol. The normalized spacial score (nSPS) is 20.1. The minimum absolute atomic E-state index is 0. The van der Waals surface area contributed by atoms with Crippen LogP contribution in [0.4, 0.5) is 0 Å². The van der Waals surface area contributed by atoms with Crippen molar-refractivity contribution in [3.05, 3.63) is 0 Å². The number of carbonyl (C=O) groups is 2. The van der Waals surface area contributed by atoms with Gasteiger partial charge in [0.25, 0.3) is 0 Å². The van der Waals surface area contributed by atoms with Gasteiger partial charge in [0.1, 0.15) is 9.84 Å². The number of amides is 2. The summed E-state index contributed by atoms with van der Waals surface area (Å²) in [5.74, 6) is 0.579. The highest BCUT2D eigenvalue weighted by atomic mass is 35.5. The molecule has 0 aromatic rings. The Morgan fingerprint density at radius 2 is 1.59 bits per heavy atom. The molecule has 1 heterocycles. The first-order chi connectivity index (χ1) is 12.3. The summed E-state index contributed by atoms with van der Waals surface area (Å²) in [5, 5.41) is 0. The Morgan fingerprint density at radius 1 is 1.04 bits per heavy atom. The number of halogens is 1. The summed E-state index contributed by atoms with van der Waals surface area (Å²) < 4.78 is 22.4. The smallest absolute Gasteiger partial charge is 0.239 e. The minimum atomic E-state index is -3.12. The van der Waals surface area contributed by atoms with Crippen LogP contribution in [0.25, 0.3) is 0 Å². The van der Waals surface area contributed by atoms with E-state index in [-0.39, 0.29) is 36.4 Å². The fraction of sp³-hybridized carbons (Fsp3) is 0.889. The van der Waals surface area contributed by atoms with Crippen LogP contribution >= 0.6 is 12.4 Å². The number of carbonyl (C=O) groups excluding carboxylic acids is 2. The van der Waals surface area contributed by atoms with Crippen LogP contribution in [0, 0.1) is 5.92 Å². The molecule has 1 aliphatic heterocycles. The van der Waals surface area contributed by atoms with Gasteiger partial charge in [0, 0.05) is 38.9 Å². The average Bonchev–Trinajstić information content (AvgIpc) is 2.64. The lowest BCUT2D eigenvalue weighted by atomic mass is 9.86. The van der Waals surface area contributed by atoms with E-state index in [9.17, 15) is 18.0 Å². The monoisotopic (exact) mass is 423 g/mol. The number of nitrogens with zero attached hydrogens (tertiary/aromatic N) is 2. The first kappa shape index (κ1) is 24.2. The van der Waals surface area contributed by atoms with Crippen LogP contribution in [-0.2, 0) is 19.4 Å². The van der Waals surface area contributed by atoms with Crippen LogP contribution in [0.2, 0.25) is 0 Å². The molecule has 1 unspecified atom stereocenters. The Hall–Kier alpha value is -0.860. The Labute approximate surface area is 169 Å². The maximum atomic E-state index is 12.4. The van der Waals surface area contributed by atoms with Crippen molar-refractivity contribution in [2.45, 2.75) is 57.4 Å². The van der Waals surface area contributed by atoms with Crippen LogP contribution in [0.1, 0.15) is 51.4 Å². The van der Waals surface area contributed by atoms with E-state index in [0.717, 1.165) is 12.7 Å². The average molecular weight is 424 g/mol. The highest BCUT2D eigenvalue weighted by Gasteiger charge is 2.27. The third kappa shape index (κ3) is 8.35. The van der Waals surface area contributed by atoms with Crippen LogP contribution < -0.4 is 5.73 Å². The molecule has 1 atom stereocenters. The maximum Gasteiger partial charge on any atom is 0.239 e. The van der Waals surface area contributed by atoms with Crippen LogP contribution in [0.3, 0.4) is 0 Å². The Bertz CT molecular complexity index is 585. The molecule has 2 rings (SSSR count). The van der Waals surface area contributed by atoms with E-state index in [1.807, 2.05) is 4.90 Å². The summed E-state index contributed by atoms with van der Waals surface area (Å²) in [7, 11) is -3.12. The molecule has 2 amide bonds. The summed E-state index contributed by atoms with van der Waals surface area (Å²) in [6.07, 6.45) is 9.27. The molecule has 0 spiro atoms. The van der Waals surface area contributed by atoms with Gasteiger partial charge in [0.05, 0.1) is 11.8 Å². The van der Waals surface area contributed by atoms with Crippen molar-refractivity contribution < 1.29 is 18.0 Å². The van der Waals surface area contributed by atoms with E-state index in [2.05, 4.69) is 0 Å². The summed E-state index contributed by atoms with van der Waals surface area (Å²) in [6.45, 7) is 2.02. The van der Waals surface area contributed by atoms with Gasteiger partial charge in [0.15, 0.2) is 0 Å². The van der Waals surface area contributed by atoms with Crippen molar-refractivity contribution in [1.82, 2.24) is 9.80 Å². The molecule has 0 aromatic carbocycles. The lowest BCUT2D eigenvalue weighted by molar-refractivity contribution is -0.140. The van der Waals surface area contributed by atoms with Gasteiger partial charge in [-0.05, 0) is 18.8 Å². The highest BCUT2D eigenvalue weighted by Crippen LogP contribution is 2.27. The van der Waals surface area contributed by atoms with Gasteiger partial charge in [0.2, 0.25) is 11.8 Å². The standard InChI is InChI=1S/C18H33N3O4S.ClH/c1-26(24,25)14-9-16(19)18(23)21-12-10-20(11-13-21)17(22)8-7-15-5-3-2-4-6-15;/h15-16H,2-14,19H2,1H3;1H. The predicted octanol–water partition coefficient (Wildman–Crippen LogP) is 1.20. The minimum Gasteiger partial charge on any atom is -0.339 e. The van der Waals surface area contributed by atoms with Crippen molar-refractivity contribution in [2.75, 3.05) is 38.2 Å². The molecule has 1 aliphatic carbocycles. The van der Waals surface area contributed by atoms with Crippen LogP contribution in [0.5, 0.6) is 0 Å². The molecule has 2 fully saturated rings. The van der Waals surface area contributed by atoms with Crippen molar-refractivity contribution in [3.63, 3.8) is 0 Å². The third-order valence-electron chi connectivity index (χ3n) is 5.55.